The SMILES string of the molecule is CCCC(=O)OCCCCCCOC(=O)CCN1CCC(CCCC2CCN(C)CC2)CC1. The summed E-state index contributed by atoms with van der Waals surface area (Å²) in [5.41, 5.74) is 0. The molecule has 33 heavy (non-hydrogen) atoms. The second-order valence-corrected chi connectivity index (χ2v) is 10.3. The van der Waals surface area contributed by atoms with E-state index < -0.39 is 0 Å². The van der Waals surface area contributed by atoms with Crippen molar-refractivity contribution in [3.05, 3.63) is 0 Å². The predicted octanol–water partition coefficient (Wildman–Crippen LogP) is 5.05. The number of likely N-dealkylation sites (tertiary alicyclic amines) is 2. The molecule has 0 N–H and O–H groups in total. The first kappa shape index (κ1) is 28.1. The number of nitrogens with zero attached hydrogens (tertiary/aromatic N) is 2. The number of ether oxygens (including phenoxy) is 2. The lowest BCUT2D eigenvalue weighted by atomic mass is 9.87. The molecule has 2 fully saturated rings. The van der Waals surface area contributed by atoms with Crippen LogP contribution in [-0.4, -0.2) is 74.7 Å². The first-order chi connectivity index (χ1) is 16.1. The van der Waals surface area contributed by atoms with E-state index >= 15 is 0 Å². The maximum atomic E-state index is 12.0. The number of esters is 2. The zero-order chi connectivity index (χ0) is 23.7. The molecule has 0 atom stereocenters. The van der Waals surface area contributed by atoms with Crippen LogP contribution in [0.2, 0.25) is 0 Å². The van der Waals surface area contributed by atoms with Crippen LogP contribution < -0.4 is 0 Å². The number of hydrogen-bond acceptors (Lipinski definition) is 6. The Hall–Kier alpha value is -1.14. The molecule has 0 spiro atoms. The molecule has 0 saturated carbocycles. The minimum atomic E-state index is -0.0985. The molecule has 0 aromatic carbocycles. The van der Waals surface area contributed by atoms with Gasteiger partial charge in [-0.3, -0.25) is 9.59 Å². The minimum Gasteiger partial charge on any atom is -0.466 e. The molecule has 6 nitrogen and oxygen atoms in total. The molecule has 0 aromatic heterocycles. The van der Waals surface area contributed by atoms with Gasteiger partial charge in [0, 0.05) is 13.0 Å². The molecule has 6 heteroatoms. The van der Waals surface area contributed by atoms with E-state index in [4.69, 9.17) is 9.47 Å². The number of hydrogen-bond donors (Lipinski definition) is 0. The Morgan fingerprint density at radius 2 is 1.24 bits per heavy atom. The molecule has 2 aliphatic rings. The van der Waals surface area contributed by atoms with Gasteiger partial charge in [-0.05, 0) is 103 Å². The summed E-state index contributed by atoms with van der Waals surface area (Å²) in [5, 5.41) is 0. The van der Waals surface area contributed by atoms with Gasteiger partial charge in [-0.2, -0.15) is 0 Å². The van der Waals surface area contributed by atoms with Crippen molar-refractivity contribution in [1.82, 2.24) is 9.80 Å². The van der Waals surface area contributed by atoms with Crippen molar-refractivity contribution in [2.24, 2.45) is 11.8 Å². The van der Waals surface area contributed by atoms with Crippen LogP contribution in [-0.2, 0) is 19.1 Å². The van der Waals surface area contributed by atoms with Gasteiger partial charge in [-0.25, -0.2) is 0 Å². The minimum absolute atomic E-state index is 0.0660. The van der Waals surface area contributed by atoms with Crippen molar-refractivity contribution < 1.29 is 19.1 Å². The van der Waals surface area contributed by atoms with E-state index in [1.54, 1.807) is 0 Å². The van der Waals surface area contributed by atoms with Gasteiger partial charge in [0.25, 0.3) is 0 Å². The van der Waals surface area contributed by atoms with Gasteiger partial charge in [0.2, 0.25) is 0 Å². The number of piperidine rings is 2. The quantitative estimate of drug-likeness (QED) is 0.234. The first-order valence-electron chi connectivity index (χ1n) is 13.8. The molecule has 0 amide bonds. The number of carbonyl (C=O) groups is 2. The van der Waals surface area contributed by atoms with Gasteiger partial charge in [0.1, 0.15) is 0 Å². The van der Waals surface area contributed by atoms with Crippen molar-refractivity contribution in [3.8, 4) is 0 Å². The van der Waals surface area contributed by atoms with E-state index in [-0.39, 0.29) is 11.9 Å². The maximum absolute atomic E-state index is 12.0. The summed E-state index contributed by atoms with van der Waals surface area (Å²) in [6, 6.07) is 0. The fourth-order valence-electron chi connectivity index (χ4n) is 5.07. The largest absolute Gasteiger partial charge is 0.466 e. The third kappa shape index (κ3) is 13.4. The van der Waals surface area contributed by atoms with Gasteiger partial charge in [0.05, 0.1) is 19.6 Å². The second-order valence-electron chi connectivity index (χ2n) is 10.3. The average molecular weight is 467 g/mol. The third-order valence-electron chi connectivity index (χ3n) is 7.42. The zero-order valence-electron chi connectivity index (χ0n) is 21.5. The first-order valence-corrected chi connectivity index (χ1v) is 13.8. The van der Waals surface area contributed by atoms with E-state index in [1.165, 1.54) is 58.0 Å². The number of carbonyl (C=O) groups excluding carboxylic acids is 2. The number of unbranched alkanes of at least 4 members (excludes halogenated alkanes) is 3. The highest BCUT2D eigenvalue weighted by molar-refractivity contribution is 5.69. The molecule has 0 bridgehead atoms. The van der Waals surface area contributed by atoms with Crippen LogP contribution in [0, 0.1) is 11.8 Å². The molecule has 2 rings (SSSR count). The van der Waals surface area contributed by atoms with Crippen LogP contribution in [0.3, 0.4) is 0 Å². The normalized spacial score (nSPS) is 19.0. The van der Waals surface area contributed by atoms with Crippen molar-refractivity contribution in [3.63, 3.8) is 0 Å². The van der Waals surface area contributed by atoms with Gasteiger partial charge >= 0.3 is 11.9 Å². The third-order valence-corrected chi connectivity index (χ3v) is 7.42. The van der Waals surface area contributed by atoms with Crippen LogP contribution in [0.4, 0.5) is 0 Å². The molecule has 0 aromatic rings. The highest BCUT2D eigenvalue weighted by Gasteiger charge is 2.21. The molecule has 0 radical (unpaired) electrons. The summed E-state index contributed by atoms with van der Waals surface area (Å²) < 4.78 is 10.5. The Bertz CT molecular complexity index is 526. The van der Waals surface area contributed by atoms with Gasteiger partial charge in [-0.1, -0.05) is 26.2 Å². The summed E-state index contributed by atoms with van der Waals surface area (Å²) >= 11 is 0. The monoisotopic (exact) mass is 466 g/mol. The average Bonchev–Trinajstić information content (AvgIpc) is 2.81. The van der Waals surface area contributed by atoms with Gasteiger partial charge in [0.15, 0.2) is 0 Å². The van der Waals surface area contributed by atoms with Gasteiger partial charge in [-0.15, -0.1) is 0 Å². The molecule has 2 heterocycles. The molecular formula is C27H50N2O4. The van der Waals surface area contributed by atoms with Crippen molar-refractivity contribution in [2.75, 3.05) is 53.0 Å². The second kappa shape index (κ2) is 17.3. The Kier molecular flexibility index (Phi) is 14.7. The fraction of sp³-hybridized carbons (Fsp3) is 0.926. The van der Waals surface area contributed by atoms with E-state index in [2.05, 4.69) is 16.8 Å². The van der Waals surface area contributed by atoms with E-state index in [9.17, 15) is 9.59 Å². The molecule has 2 saturated heterocycles. The van der Waals surface area contributed by atoms with Crippen LogP contribution in [0.5, 0.6) is 0 Å². The Morgan fingerprint density at radius 1 is 0.727 bits per heavy atom. The lowest BCUT2D eigenvalue weighted by Gasteiger charge is -2.32. The maximum Gasteiger partial charge on any atom is 0.307 e. The van der Waals surface area contributed by atoms with Crippen molar-refractivity contribution in [1.29, 1.82) is 0 Å². The summed E-state index contributed by atoms with van der Waals surface area (Å²) in [7, 11) is 2.24. The Balaban J connectivity index is 1.38. The molecule has 0 aliphatic carbocycles. The van der Waals surface area contributed by atoms with Crippen LogP contribution >= 0.6 is 0 Å². The summed E-state index contributed by atoms with van der Waals surface area (Å²) in [5.74, 6) is 1.68. The van der Waals surface area contributed by atoms with E-state index in [1.807, 2.05) is 6.92 Å². The Morgan fingerprint density at radius 3 is 1.79 bits per heavy atom. The summed E-state index contributed by atoms with van der Waals surface area (Å²) in [6.07, 6.45) is 15.2. The van der Waals surface area contributed by atoms with Gasteiger partial charge < -0.3 is 19.3 Å². The fourth-order valence-corrected chi connectivity index (χ4v) is 5.07. The predicted molar refractivity (Wildman–Crippen MR) is 133 cm³/mol. The Labute approximate surface area is 202 Å². The van der Waals surface area contributed by atoms with E-state index in [0.717, 1.165) is 63.6 Å². The topological polar surface area (TPSA) is 59.1 Å². The van der Waals surface area contributed by atoms with Crippen molar-refractivity contribution in [2.45, 2.75) is 96.8 Å². The van der Waals surface area contributed by atoms with Crippen LogP contribution in [0.25, 0.3) is 0 Å². The molecule has 0 unspecified atom stereocenters. The molecule has 192 valence electrons. The standard InChI is InChI=1S/C27H50N2O4/c1-3-9-26(30)32-22-6-4-5-7-23-33-27(31)16-21-29-19-14-25(15-20-29)11-8-10-24-12-17-28(2)18-13-24/h24-25H,3-23H2,1-2H3. The van der Waals surface area contributed by atoms with Crippen molar-refractivity contribution >= 4 is 11.9 Å². The molecular weight excluding hydrogens is 416 g/mol. The number of rotatable bonds is 16. The summed E-state index contributed by atoms with van der Waals surface area (Å²) in [4.78, 5) is 28.2. The zero-order valence-corrected chi connectivity index (χ0v) is 21.5. The summed E-state index contributed by atoms with van der Waals surface area (Å²) in [6.45, 7) is 8.66. The van der Waals surface area contributed by atoms with E-state index in [0.29, 0.717) is 26.1 Å². The molecule has 2 aliphatic heterocycles. The van der Waals surface area contributed by atoms with Crippen LogP contribution in [0.15, 0.2) is 0 Å². The smallest absolute Gasteiger partial charge is 0.307 e. The highest BCUT2D eigenvalue weighted by Crippen LogP contribution is 2.27. The lowest BCUT2D eigenvalue weighted by Crippen LogP contribution is -2.35. The van der Waals surface area contributed by atoms with Crippen LogP contribution in [0.1, 0.15) is 96.8 Å². The lowest BCUT2D eigenvalue weighted by molar-refractivity contribution is -0.145. The highest BCUT2D eigenvalue weighted by atomic mass is 16.5.